The molecule has 3 heteroatoms. The summed E-state index contributed by atoms with van der Waals surface area (Å²) in [6, 6.07) is 0. The first-order valence-electron chi connectivity index (χ1n) is 2.15. The quantitative estimate of drug-likeness (QED) is 0.465. The molecular weight excluding hydrogens is 205 g/mol. The molecule has 1 heterocycles. The molecule has 0 aliphatic carbocycles. The van der Waals surface area contributed by atoms with Gasteiger partial charge in [0.15, 0.2) is 5.90 Å². The number of alkyl halides is 1. The van der Waals surface area contributed by atoms with Crippen LogP contribution in [-0.2, 0) is 4.74 Å². The lowest BCUT2D eigenvalue weighted by atomic mass is 10.8. The average molecular weight is 211 g/mol. The summed E-state index contributed by atoms with van der Waals surface area (Å²) >= 11 is 2.23. The van der Waals surface area contributed by atoms with Gasteiger partial charge in [0, 0.05) is 0 Å². The van der Waals surface area contributed by atoms with Crippen LogP contribution in [0.4, 0.5) is 0 Å². The Morgan fingerprint density at radius 1 is 1.86 bits per heavy atom. The minimum absolute atomic E-state index is 0.790. The largest absolute Gasteiger partial charge is 0.478 e. The molecule has 0 amide bonds. The summed E-state index contributed by atoms with van der Waals surface area (Å²) in [5, 5.41) is 0. The van der Waals surface area contributed by atoms with Crippen molar-refractivity contribution in [1.29, 1.82) is 0 Å². The topological polar surface area (TPSA) is 21.6 Å². The molecule has 0 aromatic carbocycles. The molecule has 0 saturated carbocycles. The van der Waals surface area contributed by atoms with Crippen LogP contribution in [0.2, 0.25) is 0 Å². The Bertz CT molecular complexity index is 91.7. The zero-order chi connectivity index (χ0) is 5.11. The fourth-order valence-corrected chi connectivity index (χ4v) is 0.922. The standard InChI is InChI=1S/C4H6INO/c5-3-4-6-1-2-7-4/h1-3H2. The molecule has 40 valence electrons. The Morgan fingerprint density at radius 2 is 2.71 bits per heavy atom. The number of aliphatic imine (C=N–C) groups is 1. The van der Waals surface area contributed by atoms with Gasteiger partial charge in [-0.2, -0.15) is 0 Å². The average Bonchev–Trinajstić information content (AvgIpc) is 2.14. The highest BCUT2D eigenvalue weighted by atomic mass is 127. The highest BCUT2D eigenvalue weighted by Gasteiger charge is 2.02. The van der Waals surface area contributed by atoms with Gasteiger partial charge < -0.3 is 4.74 Å². The minimum atomic E-state index is 0.790. The van der Waals surface area contributed by atoms with Crippen LogP contribution in [-0.4, -0.2) is 23.5 Å². The van der Waals surface area contributed by atoms with Crippen LogP contribution in [0.25, 0.3) is 0 Å². The van der Waals surface area contributed by atoms with Crippen molar-refractivity contribution in [2.24, 2.45) is 4.99 Å². The Balaban J connectivity index is 2.36. The molecule has 0 N–H and O–H groups in total. The van der Waals surface area contributed by atoms with Crippen molar-refractivity contribution in [1.82, 2.24) is 0 Å². The van der Waals surface area contributed by atoms with E-state index in [1.54, 1.807) is 0 Å². The van der Waals surface area contributed by atoms with Crippen LogP contribution in [0.1, 0.15) is 0 Å². The van der Waals surface area contributed by atoms with E-state index in [2.05, 4.69) is 27.6 Å². The van der Waals surface area contributed by atoms with E-state index in [0.29, 0.717) is 0 Å². The number of hydrogen-bond acceptors (Lipinski definition) is 2. The molecule has 0 radical (unpaired) electrons. The number of rotatable bonds is 1. The molecule has 7 heavy (non-hydrogen) atoms. The Kier molecular flexibility index (Phi) is 1.90. The SMILES string of the molecule is ICC1=NCCO1. The summed E-state index contributed by atoms with van der Waals surface area (Å²) in [6.45, 7) is 1.65. The highest BCUT2D eigenvalue weighted by Crippen LogP contribution is 1.96. The predicted molar refractivity (Wildman–Crippen MR) is 37.1 cm³/mol. The van der Waals surface area contributed by atoms with E-state index in [1.165, 1.54) is 0 Å². The molecule has 1 aliphatic heterocycles. The normalized spacial score (nSPS) is 18.7. The van der Waals surface area contributed by atoms with Crippen molar-refractivity contribution >= 4 is 28.5 Å². The first kappa shape index (κ1) is 5.34. The molecule has 2 nitrogen and oxygen atoms in total. The van der Waals surface area contributed by atoms with Crippen molar-refractivity contribution in [2.75, 3.05) is 17.6 Å². The molecule has 0 saturated heterocycles. The van der Waals surface area contributed by atoms with Gasteiger partial charge in [-0.15, -0.1) is 0 Å². The second-order valence-corrected chi connectivity index (χ2v) is 2.02. The summed E-state index contributed by atoms with van der Waals surface area (Å²) in [4.78, 5) is 4.04. The van der Waals surface area contributed by atoms with Crippen LogP contribution in [0.15, 0.2) is 4.99 Å². The van der Waals surface area contributed by atoms with Crippen molar-refractivity contribution in [3.05, 3.63) is 0 Å². The van der Waals surface area contributed by atoms with E-state index in [1.807, 2.05) is 0 Å². The number of nitrogens with zero attached hydrogens (tertiary/aromatic N) is 1. The van der Waals surface area contributed by atoms with Gasteiger partial charge in [0.05, 0.1) is 11.0 Å². The van der Waals surface area contributed by atoms with Gasteiger partial charge in [-0.05, 0) is 0 Å². The number of hydrogen-bond donors (Lipinski definition) is 0. The fourth-order valence-electron chi connectivity index (χ4n) is 0.460. The molecule has 0 bridgehead atoms. The van der Waals surface area contributed by atoms with E-state index in [0.717, 1.165) is 23.5 Å². The monoisotopic (exact) mass is 211 g/mol. The van der Waals surface area contributed by atoms with Crippen LogP contribution in [0.3, 0.4) is 0 Å². The van der Waals surface area contributed by atoms with Crippen molar-refractivity contribution < 1.29 is 4.74 Å². The maximum Gasteiger partial charge on any atom is 0.193 e. The smallest absolute Gasteiger partial charge is 0.193 e. The predicted octanol–water partition coefficient (Wildman–Crippen LogP) is 0.850. The van der Waals surface area contributed by atoms with Crippen LogP contribution in [0, 0.1) is 0 Å². The van der Waals surface area contributed by atoms with Gasteiger partial charge in [0.1, 0.15) is 6.61 Å². The van der Waals surface area contributed by atoms with Gasteiger partial charge in [-0.1, -0.05) is 22.6 Å². The van der Waals surface area contributed by atoms with Gasteiger partial charge >= 0.3 is 0 Å². The lowest BCUT2D eigenvalue weighted by molar-refractivity contribution is 0.346. The third-order valence-electron chi connectivity index (χ3n) is 0.762. The van der Waals surface area contributed by atoms with E-state index >= 15 is 0 Å². The lowest BCUT2D eigenvalue weighted by Crippen LogP contribution is -1.97. The van der Waals surface area contributed by atoms with Crippen molar-refractivity contribution in [3.63, 3.8) is 0 Å². The Hall–Kier alpha value is 0.200. The summed E-state index contributed by atoms with van der Waals surface area (Å²) < 4.78 is 5.96. The van der Waals surface area contributed by atoms with Crippen LogP contribution >= 0.6 is 22.6 Å². The minimum Gasteiger partial charge on any atom is -0.478 e. The van der Waals surface area contributed by atoms with Crippen LogP contribution in [0.5, 0.6) is 0 Å². The molecule has 1 aliphatic rings. The highest BCUT2D eigenvalue weighted by molar-refractivity contribution is 14.1. The summed E-state index contributed by atoms with van der Waals surface area (Å²) in [5.41, 5.74) is 0. The van der Waals surface area contributed by atoms with E-state index in [-0.39, 0.29) is 0 Å². The molecular formula is C4H6INO. The van der Waals surface area contributed by atoms with Gasteiger partial charge in [-0.25, -0.2) is 0 Å². The van der Waals surface area contributed by atoms with Gasteiger partial charge in [-0.3, -0.25) is 4.99 Å². The Labute approximate surface area is 56.1 Å². The van der Waals surface area contributed by atoms with Gasteiger partial charge in [0.25, 0.3) is 0 Å². The second-order valence-electron chi connectivity index (χ2n) is 1.26. The summed E-state index contributed by atoms with van der Waals surface area (Å²) in [5.74, 6) is 0.903. The van der Waals surface area contributed by atoms with E-state index in [9.17, 15) is 0 Å². The third kappa shape index (κ3) is 1.29. The third-order valence-corrected chi connectivity index (χ3v) is 1.41. The molecule has 0 aromatic rings. The van der Waals surface area contributed by atoms with Crippen molar-refractivity contribution in [2.45, 2.75) is 0 Å². The van der Waals surface area contributed by atoms with Gasteiger partial charge in [0.2, 0.25) is 0 Å². The van der Waals surface area contributed by atoms with Crippen molar-refractivity contribution in [3.8, 4) is 0 Å². The van der Waals surface area contributed by atoms with Crippen LogP contribution < -0.4 is 0 Å². The molecule has 0 atom stereocenters. The molecule has 0 aromatic heterocycles. The maximum absolute atomic E-state index is 5.04. The first-order chi connectivity index (χ1) is 3.43. The first-order valence-corrected chi connectivity index (χ1v) is 3.68. The Morgan fingerprint density at radius 3 is 3.00 bits per heavy atom. The molecule has 0 unspecified atom stereocenters. The zero-order valence-electron chi connectivity index (χ0n) is 3.85. The molecule has 0 spiro atoms. The zero-order valence-corrected chi connectivity index (χ0v) is 6.01. The maximum atomic E-state index is 5.04. The van der Waals surface area contributed by atoms with E-state index < -0.39 is 0 Å². The molecule has 1 rings (SSSR count). The number of halogens is 1. The summed E-state index contributed by atoms with van der Waals surface area (Å²) in [7, 11) is 0. The fraction of sp³-hybridized carbons (Fsp3) is 0.750. The second kappa shape index (κ2) is 2.49. The number of ether oxygens (including phenoxy) is 1. The van der Waals surface area contributed by atoms with E-state index in [4.69, 9.17) is 4.74 Å². The lowest BCUT2D eigenvalue weighted by Gasteiger charge is -1.90. The summed E-state index contributed by atoms with van der Waals surface area (Å²) in [6.07, 6.45) is 0. The molecule has 0 fully saturated rings.